The molecule has 4 rings (SSSR count). The summed E-state index contributed by atoms with van der Waals surface area (Å²) in [4.78, 5) is 0. The van der Waals surface area contributed by atoms with Gasteiger partial charge in [0.25, 0.3) is 0 Å². The summed E-state index contributed by atoms with van der Waals surface area (Å²) in [5, 5.41) is 0. The third-order valence-corrected chi connectivity index (χ3v) is 5.32. The van der Waals surface area contributed by atoms with Crippen LogP contribution < -0.4 is 0 Å². The molecule has 6 atom stereocenters. The summed E-state index contributed by atoms with van der Waals surface area (Å²) >= 11 is 0. The standard InChI is InChI=1S/C17H22O4/c1-17(2)12-13(17)16(18-3)20-11-9-19-15(21-14(11)12)10-7-5-4-6-8-10/h4-8,11-16H,9H2,1-3H3/t11-,12-,13+,14-,15-,16+/m1/s1. The average Bonchev–Trinajstić information content (AvgIpc) is 3.10. The molecule has 0 unspecified atom stereocenters. The van der Waals surface area contributed by atoms with Crippen LogP contribution in [-0.2, 0) is 18.9 Å². The molecule has 1 aliphatic carbocycles. The average molecular weight is 290 g/mol. The highest BCUT2D eigenvalue weighted by Gasteiger charge is 2.70. The van der Waals surface area contributed by atoms with E-state index in [2.05, 4.69) is 13.8 Å². The number of hydrogen-bond acceptors (Lipinski definition) is 4. The van der Waals surface area contributed by atoms with Crippen LogP contribution in [0.5, 0.6) is 0 Å². The number of fused-ring (bicyclic) bond motifs is 3. The van der Waals surface area contributed by atoms with Gasteiger partial charge in [-0.05, 0) is 5.41 Å². The SMILES string of the molecule is CO[C@H]1O[C@@H]2CO[C@@H](c3ccccc3)O[C@H]2[C@H]2[C@@H]1C2(C)C. The summed E-state index contributed by atoms with van der Waals surface area (Å²) in [7, 11) is 1.72. The quantitative estimate of drug-likeness (QED) is 0.839. The summed E-state index contributed by atoms with van der Waals surface area (Å²) in [5.41, 5.74) is 1.28. The van der Waals surface area contributed by atoms with Crippen molar-refractivity contribution in [2.24, 2.45) is 17.3 Å². The van der Waals surface area contributed by atoms with Crippen molar-refractivity contribution < 1.29 is 18.9 Å². The second-order valence-corrected chi connectivity index (χ2v) is 6.83. The maximum absolute atomic E-state index is 6.26. The summed E-state index contributed by atoms with van der Waals surface area (Å²) in [6.45, 7) is 5.11. The van der Waals surface area contributed by atoms with Crippen molar-refractivity contribution in [2.75, 3.05) is 13.7 Å². The van der Waals surface area contributed by atoms with Crippen LogP contribution in [0.4, 0.5) is 0 Å². The Labute approximate surface area is 125 Å². The second kappa shape index (κ2) is 4.78. The zero-order valence-electron chi connectivity index (χ0n) is 12.7. The van der Waals surface area contributed by atoms with Gasteiger partial charge in [-0.2, -0.15) is 0 Å². The van der Waals surface area contributed by atoms with Crippen molar-refractivity contribution in [3.8, 4) is 0 Å². The Morgan fingerprint density at radius 1 is 1.10 bits per heavy atom. The van der Waals surface area contributed by atoms with Gasteiger partial charge in [-0.15, -0.1) is 0 Å². The molecule has 3 aliphatic rings. The molecule has 2 saturated heterocycles. The van der Waals surface area contributed by atoms with Gasteiger partial charge in [0.15, 0.2) is 12.6 Å². The molecule has 0 radical (unpaired) electrons. The van der Waals surface area contributed by atoms with Crippen molar-refractivity contribution in [2.45, 2.75) is 38.6 Å². The van der Waals surface area contributed by atoms with Crippen LogP contribution in [0.2, 0.25) is 0 Å². The minimum absolute atomic E-state index is 0.0297. The predicted octanol–water partition coefficient (Wildman–Crippen LogP) is 2.74. The first-order valence-electron chi connectivity index (χ1n) is 7.63. The largest absolute Gasteiger partial charge is 0.356 e. The molecule has 2 heterocycles. The number of methoxy groups -OCH3 is 1. The molecule has 4 nitrogen and oxygen atoms in total. The lowest BCUT2D eigenvalue weighted by molar-refractivity contribution is -0.316. The Morgan fingerprint density at radius 3 is 2.57 bits per heavy atom. The molecule has 1 saturated carbocycles. The van der Waals surface area contributed by atoms with E-state index < -0.39 is 0 Å². The van der Waals surface area contributed by atoms with Gasteiger partial charge in [0.2, 0.25) is 0 Å². The summed E-state index contributed by atoms with van der Waals surface area (Å²) in [6, 6.07) is 10.1. The normalized spacial score (nSPS) is 43.8. The van der Waals surface area contributed by atoms with Gasteiger partial charge in [0, 0.05) is 24.5 Å². The van der Waals surface area contributed by atoms with Gasteiger partial charge >= 0.3 is 0 Å². The zero-order chi connectivity index (χ0) is 14.6. The second-order valence-electron chi connectivity index (χ2n) is 6.83. The Morgan fingerprint density at radius 2 is 1.86 bits per heavy atom. The fourth-order valence-corrected chi connectivity index (χ4v) is 4.09. The monoisotopic (exact) mass is 290 g/mol. The fourth-order valence-electron chi connectivity index (χ4n) is 4.09. The smallest absolute Gasteiger partial charge is 0.184 e. The van der Waals surface area contributed by atoms with Crippen LogP contribution in [0.1, 0.15) is 25.7 Å². The molecule has 0 spiro atoms. The van der Waals surface area contributed by atoms with Crippen molar-refractivity contribution in [3.63, 3.8) is 0 Å². The molecule has 1 aromatic rings. The van der Waals surface area contributed by atoms with Gasteiger partial charge in [-0.1, -0.05) is 44.2 Å². The van der Waals surface area contributed by atoms with Crippen LogP contribution in [0, 0.1) is 17.3 Å². The minimum atomic E-state index is -0.285. The number of rotatable bonds is 2. The molecule has 21 heavy (non-hydrogen) atoms. The first kappa shape index (κ1) is 13.7. The molecule has 0 amide bonds. The molecular weight excluding hydrogens is 268 g/mol. The molecule has 0 bridgehead atoms. The third-order valence-electron chi connectivity index (χ3n) is 5.32. The highest BCUT2D eigenvalue weighted by molar-refractivity contribution is 5.18. The van der Waals surface area contributed by atoms with Crippen molar-refractivity contribution in [1.82, 2.24) is 0 Å². The molecule has 2 aliphatic heterocycles. The maximum Gasteiger partial charge on any atom is 0.184 e. The molecule has 4 heteroatoms. The van der Waals surface area contributed by atoms with Gasteiger partial charge in [-0.25, -0.2) is 0 Å². The summed E-state index contributed by atoms with van der Waals surface area (Å²) < 4.78 is 23.7. The van der Waals surface area contributed by atoms with Gasteiger partial charge in [0.1, 0.15) is 6.10 Å². The Balaban J connectivity index is 1.55. The molecule has 0 aromatic heterocycles. The van der Waals surface area contributed by atoms with E-state index in [4.69, 9.17) is 18.9 Å². The number of benzene rings is 1. The number of hydrogen-bond donors (Lipinski definition) is 0. The maximum atomic E-state index is 6.26. The van der Waals surface area contributed by atoms with Gasteiger partial charge < -0.3 is 18.9 Å². The lowest BCUT2D eigenvalue weighted by Crippen LogP contribution is -2.49. The summed E-state index contributed by atoms with van der Waals surface area (Å²) in [6.07, 6.45) is -0.354. The van der Waals surface area contributed by atoms with Crippen LogP contribution in [0.25, 0.3) is 0 Å². The lowest BCUT2D eigenvalue weighted by Gasteiger charge is -2.41. The van der Waals surface area contributed by atoms with Crippen molar-refractivity contribution in [3.05, 3.63) is 35.9 Å². The van der Waals surface area contributed by atoms with E-state index in [1.54, 1.807) is 7.11 Å². The van der Waals surface area contributed by atoms with E-state index >= 15 is 0 Å². The minimum Gasteiger partial charge on any atom is -0.356 e. The van der Waals surface area contributed by atoms with E-state index in [9.17, 15) is 0 Å². The Kier molecular flexibility index (Phi) is 3.12. The predicted molar refractivity (Wildman–Crippen MR) is 76.4 cm³/mol. The van der Waals surface area contributed by atoms with E-state index in [1.807, 2.05) is 30.3 Å². The third kappa shape index (κ3) is 2.05. The highest BCUT2D eigenvalue weighted by atomic mass is 16.7. The molecular formula is C17H22O4. The summed E-state index contributed by atoms with van der Waals surface area (Å²) in [5.74, 6) is 0.898. The van der Waals surface area contributed by atoms with Gasteiger partial charge in [0.05, 0.1) is 12.7 Å². The lowest BCUT2D eigenvalue weighted by atomic mass is 10.0. The van der Waals surface area contributed by atoms with E-state index in [0.717, 1.165) is 5.56 Å². The highest BCUT2D eigenvalue weighted by Crippen LogP contribution is 2.66. The van der Waals surface area contributed by atoms with Crippen molar-refractivity contribution >= 4 is 0 Å². The van der Waals surface area contributed by atoms with Gasteiger partial charge in [-0.3, -0.25) is 0 Å². The number of ether oxygens (including phenoxy) is 4. The Hall–Kier alpha value is -0.940. The van der Waals surface area contributed by atoms with E-state index in [1.165, 1.54) is 0 Å². The zero-order valence-corrected chi connectivity index (χ0v) is 12.7. The van der Waals surface area contributed by atoms with Crippen LogP contribution in [0.3, 0.4) is 0 Å². The van der Waals surface area contributed by atoms with Crippen molar-refractivity contribution in [1.29, 1.82) is 0 Å². The molecule has 3 fully saturated rings. The topological polar surface area (TPSA) is 36.9 Å². The van der Waals surface area contributed by atoms with Crippen LogP contribution in [0.15, 0.2) is 30.3 Å². The van der Waals surface area contributed by atoms with Crippen LogP contribution >= 0.6 is 0 Å². The molecule has 0 N–H and O–H groups in total. The molecule has 1 aromatic carbocycles. The van der Waals surface area contributed by atoms with Crippen LogP contribution in [-0.4, -0.2) is 32.2 Å². The van der Waals surface area contributed by atoms with E-state index in [-0.39, 0.29) is 30.2 Å². The van der Waals surface area contributed by atoms with E-state index in [0.29, 0.717) is 18.4 Å². The Bertz CT molecular complexity index is 515. The first-order chi connectivity index (χ1) is 10.1. The fraction of sp³-hybridized carbons (Fsp3) is 0.647. The first-order valence-corrected chi connectivity index (χ1v) is 7.63. The molecule has 114 valence electrons.